The highest BCUT2D eigenvalue weighted by atomic mass is 16.6. The zero-order chi connectivity index (χ0) is 57.1. The van der Waals surface area contributed by atoms with Crippen molar-refractivity contribution < 1.29 is 28.6 Å². The van der Waals surface area contributed by atoms with Crippen LogP contribution in [0.1, 0.15) is 367 Å². The summed E-state index contributed by atoms with van der Waals surface area (Å²) >= 11 is 0. The molecule has 0 heterocycles. The van der Waals surface area contributed by atoms with E-state index in [0.717, 1.165) is 89.9 Å². The minimum atomic E-state index is -0.778. The number of ether oxygens (including phenoxy) is 3. The summed E-state index contributed by atoms with van der Waals surface area (Å²) in [6.45, 7) is 6.63. The third-order valence-electron chi connectivity index (χ3n) is 15.5. The van der Waals surface area contributed by atoms with Crippen LogP contribution in [0.5, 0.6) is 0 Å². The molecular weight excluding hydrogens is 973 g/mol. The molecule has 0 aromatic rings. The highest BCUT2D eigenvalue weighted by molar-refractivity contribution is 5.71. The smallest absolute Gasteiger partial charge is 0.306 e. The second kappa shape index (κ2) is 67.6. The number of allylic oxidation sites excluding steroid dienone is 10. The molecule has 0 rings (SSSR count). The lowest BCUT2D eigenvalue weighted by molar-refractivity contribution is -0.167. The van der Waals surface area contributed by atoms with Gasteiger partial charge in [0.2, 0.25) is 0 Å². The molecule has 0 saturated heterocycles. The van der Waals surface area contributed by atoms with E-state index in [1.807, 2.05) is 0 Å². The van der Waals surface area contributed by atoms with Crippen LogP contribution in [-0.4, -0.2) is 37.2 Å². The van der Waals surface area contributed by atoms with Crippen molar-refractivity contribution in [3.05, 3.63) is 60.8 Å². The van der Waals surface area contributed by atoms with Crippen LogP contribution in [0.3, 0.4) is 0 Å². The van der Waals surface area contributed by atoms with Gasteiger partial charge >= 0.3 is 17.9 Å². The van der Waals surface area contributed by atoms with Gasteiger partial charge in [-0.2, -0.15) is 0 Å². The Morgan fingerprint density at radius 3 is 0.747 bits per heavy atom. The van der Waals surface area contributed by atoms with E-state index < -0.39 is 6.10 Å². The first kappa shape index (κ1) is 76.1. The molecule has 0 N–H and O–H groups in total. The molecule has 0 aliphatic rings. The van der Waals surface area contributed by atoms with Gasteiger partial charge < -0.3 is 14.2 Å². The van der Waals surface area contributed by atoms with Crippen LogP contribution in [0, 0.1) is 0 Å². The average Bonchev–Trinajstić information content (AvgIpc) is 3.45. The average molecular weight is 1110 g/mol. The molecule has 79 heavy (non-hydrogen) atoms. The van der Waals surface area contributed by atoms with Crippen LogP contribution in [0.4, 0.5) is 0 Å². The van der Waals surface area contributed by atoms with Crippen LogP contribution in [-0.2, 0) is 28.6 Å². The third-order valence-corrected chi connectivity index (χ3v) is 15.5. The molecule has 6 nitrogen and oxygen atoms in total. The fraction of sp³-hybridized carbons (Fsp3) is 0.822. The predicted octanol–water partition coefficient (Wildman–Crippen LogP) is 23.9. The number of esters is 3. The maximum atomic E-state index is 12.9. The fourth-order valence-electron chi connectivity index (χ4n) is 10.2. The molecule has 0 bridgehead atoms. The molecule has 0 amide bonds. The van der Waals surface area contributed by atoms with E-state index in [0.29, 0.717) is 19.3 Å². The van der Waals surface area contributed by atoms with E-state index in [2.05, 4.69) is 81.5 Å². The molecule has 0 fully saturated rings. The van der Waals surface area contributed by atoms with Crippen molar-refractivity contribution in [1.82, 2.24) is 0 Å². The minimum absolute atomic E-state index is 0.0742. The topological polar surface area (TPSA) is 78.9 Å². The normalized spacial score (nSPS) is 12.4. The van der Waals surface area contributed by atoms with Gasteiger partial charge in [-0.25, -0.2) is 0 Å². The summed E-state index contributed by atoms with van der Waals surface area (Å²) in [7, 11) is 0. The molecule has 0 aliphatic carbocycles. The number of carbonyl (C=O) groups excluding carboxylic acids is 3. The number of hydrogen-bond acceptors (Lipinski definition) is 6. The predicted molar refractivity (Wildman–Crippen MR) is 344 cm³/mol. The molecule has 1 unspecified atom stereocenters. The van der Waals surface area contributed by atoms with Gasteiger partial charge in [-0.15, -0.1) is 0 Å². The lowest BCUT2D eigenvalue weighted by atomic mass is 10.0. The second-order valence-corrected chi connectivity index (χ2v) is 23.4. The zero-order valence-electron chi connectivity index (χ0n) is 52.9. The summed E-state index contributed by atoms with van der Waals surface area (Å²) in [5, 5.41) is 0. The number of carbonyl (C=O) groups is 3. The Morgan fingerprint density at radius 2 is 0.468 bits per heavy atom. The van der Waals surface area contributed by atoms with E-state index in [4.69, 9.17) is 14.2 Å². The summed E-state index contributed by atoms with van der Waals surface area (Å²) in [4.78, 5) is 38.4. The fourth-order valence-corrected chi connectivity index (χ4v) is 10.2. The largest absolute Gasteiger partial charge is 0.462 e. The minimum Gasteiger partial charge on any atom is -0.462 e. The Balaban J connectivity index is 4.18. The van der Waals surface area contributed by atoms with Gasteiger partial charge in [-0.3, -0.25) is 14.4 Å². The zero-order valence-corrected chi connectivity index (χ0v) is 52.9. The quantitative estimate of drug-likeness (QED) is 0.0261. The van der Waals surface area contributed by atoms with E-state index in [-0.39, 0.29) is 31.1 Å². The number of rotatable bonds is 64. The van der Waals surface area contributed by atoms with Crippen LogP contribution in [0.25, 0.3) is 0 Å². The van der Waals surface area contributed by atoms with Crippen LogP contribution in [0.15, 0.2) is 60.8 Å². The van der Waals surface area contributed by atoms with E-state index in [1.54, 1.807) is 0 Å². The highest BCUT2D eigenvalue weighted by Gasteiger charge is 2.19. The molecule has 0 aromatic carbocycles. The Labute approximate surface area is 491 Å². The second-order valence-electron chi connectivity index (χ2n) is 23.4. The van der Waals surface area contributed by atoms with Gasteiger partial charge in [-0.1, -0.05) is 326 Å². The Bertz CT molecular complexity index is 1410. The molecular formula is C73H132O6. The van der Waals surface area contributed by atoms with E-state index in [1.165, 1.54) is 238 Å². The SMILES string of the molecule is CCCC/C=C\C/C=C\CCCCCCCC(=O)OCC(COC(=O)CCCCCCCCCCCCCCCCCC/C=C\C/C=C\C/C=C\CCCCCCC)OC(=O)CCCCCCCCCCCCCCCCCC. The Hall–Kier alpha value is -2.89. The highest BCUT2D eigenvalue weighted by Crippen LogP contribution is 2.18. The van der Waals surface area contributed by atoms with Gasteiger partial charge in [0.25, 0.3) is 0 Å². The lowest BCUT2D eigenvalue weighted by Crippen LogP contribution is -2.30. The lowest BCUT2D eigenvalue weighted by Gasteiger charge is -2.18. The van der Waals surface area contributed by atoms with Crippen LogP contribution >= 0.6 is 0 Å². The van der Waals surface area contributed by atoms with Crippen molar-refractivity contribution in [2.75, 3.05) is 13.2 Å². The molecule has 0 radical (unpaired) electrons. The maximum absolute atomic E-state index is 12.9. The summed E-state index contributed by atoms with van der Waals surface area (Å²) in [5.41, 5.74) is 0. The molecule has 0 aliphatic heterocycles. The Morgan fingerprint density at radius 1 is 0.253 bits per heavy atom. The first-order valence-corrected chi connectivity index (χ1v) is 34.8. The van der Waals surface area contributed by atoms with Gasteiger partial charge in [0.1, 0.15) is 13.2 Å². The molecule has 6 heteroatoms. The standard InChI is InChI=1S/C73H132O6/c1-4-7-10-13-16-19-22-25-28-30-31-32-33-34-35-36-37-38-39-40-41-42-43-44-46-48-51-54-57-60-63-66-72(75)78-69-70(68-77-71(74)65-62-59-56-53-50-47-27-24-21-18-15-12-9-6-3)79-73(76)67-64-61-58-55-52-49-45-29-26-23-20-17-14-11-8-5-2/h15,18,22,24-25,27,30-31,33-34,70H,4-14,16-17,19-21,23,26,28-29,32,35-69H2,1-3H3/b18-15-,25-22-,27-24-,31-30-,34-33-. The number of unbranched alkanes of at least 4 members (excludes halogenated alkanes) is 43. The monoisotopic (exact) mass is 1110 g/mol. The molecule has 0 saturated carbocycles. The van der Waals surface area contributed by atoms with Crippen molar-refractivity contribution >= 4 is 17.9 Å². The first-order valence-electron chi connectivity index (χ1n) is 34.8. The van der Waals surface area contributed by atoms with Gasteiger partial charge in [0.15, 0.2) is 6.10 Å². The Kier molecular flexibility index (Phi) is 65.1. The van der Waals surface area contributed by atoms with Crippen molar-refractivity contribution in [1.29, 1.82) is 0 Å². The molecule has 0 spiro atoms. The van der Waals surface area contributed by atoms with Crippen molar-refractivity contribution in [2.24, 2.45) is 0 Å². The van der Waals surface area contributed by atoms with Gasteiger partial charge in [0, 0.05) is 19.3 Å². The van der Waals surface area contributed by atoms with Crippen LogP contribution < -0.4 is 0 Å². The summed E-state index contributed by atoms with van der Waals surface area (Å²) in [6.07, 6.45) is 86.8. The summed E-state index contributed by atoms with van der Waals surface area (Å²) in [6, 6.07) is 0. The van der Waals surface area contributed by atoms with Crippen LogP contribution in [0.2, 0.25) is 0 Å². The van der Waals surface area contributed by atoms with Crippen molar-refractivity contribution in [3.63, 3.8) is 0 Å². The summed E-state index contributed by atoms with van der Waals surface area (Å²) < 4.78 is 17.0. The first-order chi connectivity index (χ1) is 39.0. The third kappa shape index (κ3) is 65.8. The van der Waals surface area contributed by atoms with E-state index >= 15 is 0 Å². The molecule has 1 atom stereocenters. The van der Waals surface area contributed by atoms with Crippen molar-refractivity contribution in [2.45, 2.75) is 374 Å². The van der Waals surface area contributed by atoms with Gasteiger partial charge in [-0.05, 0) is 83.5 Å². The van der Waals surface area contributed by atoms with E-state index in [9.17, 15) is 14.4 Å². The van der Waals surface area contributed by atoms with Crippen molar-refractivity contribution in [3.8, 4) is 0 Å². The summed E-state index contributed by atoms with van der Waals surface area (Å²) in [5.74, 6) is -0.866. The van der Waals surface area contributed by atoms with Gasteiger partial charge in [0.05, 0.1) is 0 Å². The number of hydrogen-bond donors (Lipinski definition) is 0. The molecule has 460 valence electrons. The maximum Gasteiger partial charge on any atom is 0.306 e. The molecule has 0 aromatic heterocycles.